The summed E-state index contributed by atoms with van der Waals surface area (Å²) in [5, 5.41) is 0.0364. The van der Waals surface area contributed by atoms with Crippen LogP contribution < -0.4 is 10.9 Å². The van der Waals surface area contributed by atoms with Crippen LogP contribution in [-0.4, -0.2) is 42.9 Å². The second-order valence-electron chi connectivity index (χ2n) is 6.77. The number of hydrogen-bond acceptors (Lipinski definition) is 5. The monoisotopic (exact) mass is 467 g/mol. The van der Waals surface area contributed by atoms with Crippen molar-refractivity contribution in [2.24, 2.45) is 0 Å². The minimum atomic E-state index is -3.63. The van der Waals surface area contributed by atoms with E-state index in [1.807, 2.05) is 12.1 Å². The first kappa shape index (κ1) is 22.6. The predicted octanol–water partition coefficient (Wildman–Crippen LogP) is 3.07. The van der Waals surface area contributed by atoms with Crippen LogP contribution in [0.5, 0.6) is 0 Å². The first-order chi connectivity index (χ1) is 14.3. The number of thioether (sulfide) groups is 1. The summed E-state index contributed by atoms with van der Waals surface area (Å²) in [6.45, 7) is 2.66. The molecule has 2 amide bonds. The summed E-state index contributed by atoms with van der Waals surface area (Å²) >= 11 is 7.37. The van der Waals surface area contributed by atoms with Gasteiger partial charge in [-0.1, -0.05) is 29.8 Å². The van der Waals surface area contributed by atoms with Crippen LogP contribution in [0.1, 0.15) is 30.1 Å². The van der Waals surface area contributed by atoms with Gasteiger partial charge in [-0.05, 0) is 50.1 Å². The Hall–Kier alpha value is -2.07. The Kier molecular flexibility index (Phi) is 7.41. The zero-order chi connectivity index (χ0) is 21.7. The van der Waals surface area contributed by atoms with Crippen LogP contribution in [0.25, 0.3) is 0 Å². The lowest BCUT2D eigenvalue weighted by atomic mass is 10.2. The van der Waals surface area contributed by atoms with E-state index in [1.165, 1.54) is 40.3 Å². The average molecular weight is 468 g/mol. The van der Waals surface area contributed by atoms with Gasteiger partial charge < -0.3 is 0 Å². The maximum atomic E-state index is 12.7. The molecule has 1 unspecified atom stereocenters. The van der Waals surface area contributed by atoms with E-state index in [4.69, 9.17) is 11.6 Å². The summed E-state index contributed by atoms with van der Waals surface area (Å²) < 4.78 is 26.8. The Labute approximate surface area is 185 Å². The quantitative estimate of drug-likeness (QED) is 0.503. The highest BCUT2D eigenvalue weighted by atomic mass is 35.5. The smallest absolute Gasteiger partial charge is 0.269 e. The van der Waals surface area contributed by atoms with Crippen molar-refractivity contribution < 1.29 is 18.0 Å². The molecule has 2 aromatic carbocycles. The number of benzene rings is 2. The van der Waals surface area contributed by atoms with Crippen molar-refractivity contribution in [1.29, 1.82) is 0 Å². The van der Waals surface area contributed by atoms with Crippen LogP contribution in [0, 0.1) is 0 Å². The molecule has 0 aliphatic carbocycles. The third-order valence-corrected chi connectivity index (χ3v) is 8.12. The van der Waals surface area contributed by atoms with Crippen LogP contribution in [0.4, 0.5) is 0 Å². The van der Waals surface area contributed by atoms with Crippen LogP contribution in [0.3, 0.4) is 0 Å². The zero-order valence-electron chi connectivity index (χ0n) is 16.3. The van der Waals surface area contributed by atoms with Gasteiger partial charge in [-0.25, -0.2) is 8.42 Å². The molecule has 2 aromatic rings. The third kappa shape index (κ3) is 5.34. The summed E-state index contributed by atoms with van der Waals surface area (Å²) in [5.41, 5.74) is 4.85. The van der Waals surface area contributed by atoms with Gasteiger partial charge in [-0.15, -0.1) is 11.8 Å². The minimum absolute atomic E-state index is 0.0611. The number of nitrogens with zero attached hydrogens (tertiary/aromatic N) is 1. The van der Waals surface area contributed by atoms with Gasteiger partial charge in [0.15, 0.2) is 0 Å². The van der Waals surface area contributed by atoms with Gasteiger partial charge in [-0.2, -0.15) is 4.31 Å². The fourth-order valence-corrected chi connectivity index (χ4v) is 5.67. The number of carbonyl (C=O) groups is 2. The summed E-state index contributed by atoms with van der Waals surface area (Å²) in [6.07, 6.45) is 1.66. The highest BCUT2D eigenvalue weighted by Gasteiger charge is 2.27. The Bertz CT molecular complexity index is 1040. The highest BCUT2D eigenvalue weighted by Crippen LogP contribution is 2.30. The van der Waals surface area contributed by atoms with E-state index in [9.17, 15) is 18.0 Å². The molecule has 1 saturated heterocycles. The number of carbonyl (C=O) groups excluding carboxylic acids is 2. The van der Waals surface area contributed by atoms with E-state index in [0.29, 0.717) is 18.1 Å². The lowest BCUT2D eigenvalue weighted by Crippen LogP contribution is -2.45. The van der Waals surface area contributed by atoms with E-state index < -0.39 is 27.1 Å². The lowest BCUT2D eigenvalue weighted by Gasteiger charge is -2.16. The van der Waals surface area contributed by atoms with Gasteiger partial charge in [0, 0.05) is 23.5 Å². The summed E-state index contributed by atoms with van der Waals surface area (Å²) in [6, 6.07) is 12.9. The Morgan fingerprint density at radius 2 is 1.77 bits per heavy atom. The van der Waals surface area contributed by atoms with Crippen molar-refractivity contribution in [3.63, 3.8) is 0 Å². The fourth-order valence-electron chi connectivity index (χ4n) is 2.95. The molecule has 2 N–H and O–H groups in total. The maximum absolute atomic E-state index is 12.7. The molecule has 160 valence electrons. The molecular formula is C20H22ClN3O4S2. The Morgan fingerprint density at radius 1 is 1.07 bits per heavy atom. The molecule has 1 heterocycles. The molecule has 10 heteroatoms. The summed E-state index contributed by atoms with van der Waals surface area (Å²) in [4.78, 5) is 25.5. The topological polar surface area (TPSA) is 95.6 Å². The van der Waals surface area contributed by atoms with E-state index in [2.05, 4.69) is 10.9 Å². The van der Waals surface area contributed by atoms with Gasteiger partial charge in [0.05, 0.1) is 15.2 Å². The normalized spacial score (nSPS) is 15.5. The van der Waals surface area contributed by atoms with E-state index in [1.54, 1.807) is 19.1 Å². The summed E-state index contributed by atoms with van der Waals surface area (Å²) in [5.74, 6) is -1.01. The van der Waals surface area contributed by atoms with Gasteiger partial charge in [0.2, 0.25) is 10.0 Å². The maximum Gasteiger partial charge on any atom is 0.269 e. The van der Waals surface area contributed by atoms with Gasteiger partial charge in [0.25, 0.3) is 11.8 Å². The van der Waals surface area contributed by atoms with Gasteiger partial charge in [-0.3, -0.25) is 20.4 Å². The van der Waals surface area contributed by atoms with Crippen LogP contribution in [0.2, 0.25) is 5.02 Å². The third-order valence-electron chi connectivity index (χ3n) is 4.61. The molecule has 0 radical (unpaired) electrons. The Morgan fingerprint density at radius 3 is 2.47 bits per heavy atom. The molecular weight excluding hydrogens is 446 g/mol. The number of hydrogen-bond donors (Lipinski definition) is 2. The Balaban J connectivity index is 1.61. The first-order valence-electron chi connectivity index (χ1n) is 9.40. The van der Waals surface area contributed by atoms with Gasteiger partial charge in [0.1, 0.15) is 0 Å². The SMILES string of the molecule is CC(Sc1ccccc1Cl)C(=O)NNC(=O)c1cccc(S(=O)(=O)N2CCCC2)c1. The number of halogens is 1. The molecule has 1 atom stereocenters. The van der Waals surface area contributed by atoms with E-state index >= 15 is 0 Å². The minimum Gasteiger partial charge on any atom is -0.272 e. The molecule has 1 fully saturated rings. The number of amides is 2. The van der Waals surface area contributed by atoms with Crippen molar-refractivity contribution >= 4 is 45.2 Å². The van der Waals surface area contributed by atoms with Crippen molar-refractivity contribution in [3.05, 3.63) is 59.1 Å². The largest absolute Gasteiger partial charge is 0.272 e. The van der Waals surface area contributed by atoms with Crippen molar-refractivity contribution in [2.45, 2.75) is 34.8 Å². The molecule has 7 nitrogen and oxygen atoms in total. The summed E-state index contributed by atoms with van der Waals surface area (Å²) in [7, 11) is -3.63. The van der Waals surface area contributed by atoms with E-state index in [0.717, 1.165) is 17.7 Å². The first-order valence-corrected chi connectivity index (χ1v) is 12.1. The van der Waals surface area contributed by atoms with Crippen molar-refractivity contribution in [3.8, 4) is 0 Å². The molecule has 3 rings (SSSR count). The zero-order valence-corrected chi connectivity index (χ0v) is 18.7. The number of rotatable bonds is 6. The van der Waals surface area contributed by atoms with Crippen LogP contribution >= 0.6 is 23.4 Å². The number of hydrazine groups is 1. The molecule has 0 saturated carbocycles. The standard InChI is InChI=1S/C20H22ClN3O4S2/c1-14(29-18-10-3-2-9-17(18)21)19(25)22-23-20(26)15-7-6-8-16(13-15)30(27,28)24-11-4-5-12-24/h2-3,6-10,13-14H,4-5,11-12H2,1H3,(H,22,25)(H,23,26). The average Bonchev–Trinajstić information content (AvgIpc) is 3.29. The lowest BCUT2D eigenvalue weighted by molar-refractivity contribution is -0.121. The second kappa shape index (κ2) is 9.82. The van der Waals surface area contributed by atoms with Crippen molar-refractivity contribution in [2.75, 3.05) is 13.1 Å². The second-order valence-corrected chi connectivity index (χ2v) is 10.5. The highest BCUT2D eigenvalue weighted by molar-refractivity contribution is 8.00. The molecule has 0 bridgehead atoms. The molecule has 0 aromatic heterocycles. The van der Waals surface area contributed by atoms with E-state index in [-0.39, 0.29) is 10.5 Å². The fraction of sp³-hybridized carbons (Fsp3) is 0.300. The van der Waals surface area contributed by atoms with Crippen LogP contribution in [-0.2, 0) is 14.8 Å². The predicted molar refractivity (Wildman–Crippen MR) is 117 cm³/mol. The number of nitrogens with one attached hydrogen (secondary N) is 2. The molecule has 1 aliphatic heterocycles. The van der Waals surface area contributed by atoms with Crippen molar-refractivity contribution in [1.82, 2.24) is 15.2 Å². The molecule has 0 spiro atoms. The molecule has 1 aliphatic rings. The number of sulfonamides is 1. The molecule has 30 heavy (non-hydrogen) atoms. The van der Waals surface area contributed by atoms with Crippen LogP contribution in [0.15, 0.2) is 58.3 Å². The van der Waals surface area contributed by atoms with Gasteiger partial charge >= 0.3 is 0 Å².